The molecule has 0 saturated carbocycles. The Bertz CT molecular complexity index is 437. The third-order valence-electron chi connectivity index (χ3n) is 2.72. The molecule has 5 nitrogen and oxygen atoms in total. The van der Waals surface area contributed by atoms with Crippen LogP contribution in [0.2, 0.25) is 0 Å². The first-order valence-electron chi connectivity index (χ1n) is 6.23. The molecule has 6 heteroatoms. The molecule has 1 unspecified atom stereocenters. The number of carbonyl (C=O) groups is 1. The highest BCUT2D eigenvalue weighted by molar-refractivity contribution is 9.10. The van der Waals surface area contributed by atoms with Crippen LogP contribution in [0.3, 0.4) is 0 Å². The Morgan fingerprint density at radius 3 is 2.79 bits per heavy atom. The zero-order valence-electron chi connectivity index (χ0n) is 11.8. The monoisotopic (exact) mass is 328 g/mol. The topological polar surface area (TPSA) is 57.3 Å². The average Bonchev–Trinajstić information content (AvgIpc) is 2.36. The van der Waals surface area contributed by atoms with Crippen LogP contribution in [0.4, 0.5) is 5.82 Å². The van der Waals surface area contributed by atoms with E-state index in [9.17, 15) is 4.79 Å². The lowest BCUT2D eigenvalue weighted by Crippen LogP contribution is -2.35. The smallest absolute Gasteiger partial charge is 0.255 e. The highest BCUT2D eigenvalue weighted by Gasteiger charge is 2.15. The van der Waals surface area contributed by atoms with Gasteiger partial charge in [-0.1, -0.05) is 0 Å². The molecule has 1 atom stereocenters. The van der Waals surface area contributed by atoms with Crippen LogP contribution in [0.25, 0.3) is 0 Å². The highest BCUT2D eigenvalue weighted by atomic mass is 79.9. The number of aromatic nitrogens is 1. The normalized spacial score (nSPS) is 12.3. The number of pyridine rings is 1. The molecule has 1 amide bonds. The Morgan fingerprint density at radius 2 is 2.21 bits per heavy atom. The molecule has 2 N–H and O–H groups in total. The zero-order chi connectivity index (χ0) is 14.4. The maximum Gasteiger partial charge on any atom is 0.255 e. The minimum absolute atomic E-state index is 0.107. The maximum absolute atomic E-state index is 12.2. The zero-order valence-corrected chi connectivity index (χ0v) is 13.4. The molecule has 0 aliphatic carbocycles. The highest BCUT2D eigenvalue weighted by Crippen LogP contribution is 2.17. The second-order valence-electron chi connectivity index (χ2n) is 4.77. The van der Waals surface area contributed by atoms with Gasteiger partial charge in [-0.05, 0) is 56.0 Å². The lowest BCUT2D eigenvalue weighted by atomic mass is 10.2. The van der Waals surface area contributed by atoms with Crippen LogP contribution in [-0.2, 0) is 0 Å². The summed E-state index contributed by atoms with van der Waals surface area (Å²) in [6.07, 6.45) is 2.58. The Kier molecular flexibility index (Phi) is 6.24. The molecule has 0 aliphatic heterocycles. The van der Waals surface area contributed by atoms with Crippen LogP contribution < -0.4 is 10.6 Å². The lowest BCUT2D eigenvalue weighted by molar-refractivity contribution is 0.0937. The summed E-state index contributed by atoms with van der Waals surface area (Å²) >= 11 is 3.33. The number of rotatable bonds is 6. The third kappa shape index (κ3) is 5.16. The van der Waals surface area contributed by atoms with Crippen molar-refractivity contribution < 1.29 is 4.79 Å². The summed E-state index contributed by atoms with van der Waals surface area (Å²) in [6.45, 7) is 2.95. The predicted octanol–water partition coefficient (Wildman–Crippen LogP) is 1.96. The van der Waals surface area contributed by atoms with E-state index < -0.39 is 0 Å². The van der Waals surface area contributed by atoms with Crippen molar-refractivity contribution in [1.29, 1.82) is 0 Å². The van der Waals surface area contributed by atoms with Gasteiger partial charge >= 0.3 is 0 Å². The molecule has 0 saturated heterocycles. The summed E-state index contributed by atoms with van der Waals surface area (Å²) in [5.74, 6) is 0.477. The van der Waals surface area contributed by atoms with E-state index in [4.69, 9.17) is 0 Å². The molecule has 0 radical (unpaired) electrons. The number of halogens is 1. The van der Waals surface area contributed by atoms with Crippen molar-refractivity contribution in [2.45, 2.75) is 19.4 Å². The molecular formula is C13H21BrN4O. The molecule has 1 heterocycles. The molecule has 0 spiro atoms. The second-order valence-corrected chi connectivity index (χ2v) is 5.68. The third-order valence-corrected chi connectivity index (χ3v) is 3.16. The number of hydrogen-bond donors (Lipinski definition) is 2. The van der Waals surface area contributed by atoms with Crippen LogP contribution in [0.5, 0.6) is 0 Å². The average molecular weight is 329 g/mol. The molecule has 0 fully saturated rings. The fourth-order valence-electron chi connectivity index (χ4n) is 1.64. The van der Waals surface area contributed by atoms with Gasteiger partial charge in [-0.2, -0.15) is 0 Å². The molecule has 1 aromatic heterocycles. The lowest BCUT2D eigenvalue weighted by Gasteiger charge is -2.17. The molecule has 0 aliphatic rings. The number of hydrogen-bond acceptors (Lipinski definition) is 4. The summed E-state index contributed by atoms with van der Waals surface area (Å²) in [5, 5.41) is 5.91. The van der Waals surface area contributed by atoms with Gasteiger partial charge in [-0.3, -0.25) is 4.79 Å². The van der Waals surface area contributed by atoms with Crippen molar-refractivity contribution in [1.82, 2.24) is 15.2 Å². The van der Waals surface area contributed by atoms with Crippen molar-refractivity contribution in [3.8, 4) is 0 Å². The first-order chi connectivity index (χ1) is 8.93. The predicted molar refractivity (Wildman–Crippen MR) is 81.6 cm³/mol. The molecule has 0 aromatic carbocycles. The molecular weight excluding hydrogens is 308 g/mol. The molecule has 106 valence electrons. The van der Waals surface area contributed by atoms with Gasteiger partial charge in [0.05, 0.1) is 5.56 Å². The summed E-state index contributed by atoms with van der Waals surface area (Å²) < 4.78 is 0.789. The van der Waals surface area contributed by atoms with Crippen molar-refractivity contribution in [2.75, 3.05) is 33.0 Å². The van der Waals surface area contributed by atoms with Crippen molar-refractivity contribution in [2.24, 2.45) is 0 Å². The Morgan fingerprint density at radius 1 is 1.53 bits per heavy atom. The van der Waals surface area contributed by atoms with Crippen molar-refractivity contribution in [3.63, 3.8) is 0 Å². The Hall–Kier alpha value is -1.14. The van der Waals surface area contributed by atoms with E-state index in [1.165, 1.54) is 0 Å². The number of anilines is 1. The van der Waals surface area contributed by atoms with Crippen LogP contribution in [0.1, 0.15) is 23.7 Å². The quantitative estimate of drug-likeness (QED) is 0.838. The molecule has 0 bridgehead atoms. The number of carbonyl (C=O) groups excluding carboxylic acids is 1. The van der Waals surface area contributed by atoms with Gasteiger partial charge < -0.3 is 15.5 Å². The summed E-state index contributed by atoms with van der Waals surface area (Å²) in [6, 6.07) is 1.89. The molecule has 19 heavy (non-hydrogen) atoms. The Labute approximate surface area is 122 Å². The fourth-order valence-corrected chi connectivity index (χ4v) is 1.97. The van der Waals surface area contributed by atoms with Crippen molar-refractivity contribution >= 4 is 27.7 Å². The van der Waals surface area contributed by atoms with Gasteiger partial charge in [0.1, 0.15) is 5.82 Å². The standard InChI is InChI=1S/C13H21BrN4O/c1-9(5-6-18(3)4)17-13(19)11-7-10(14)8-16-12(11)15-2/h7-9H,5-6H2,1-4H3,(H,15,16)(H,17,19). The SMILES string of the molecule is CNc1ncc(Br)cc1C(=O)NC(C)CCN(C)C. The Balaban J connectivity index is 2.69. The summed E-state index contributed by atoms with van der Waals surface area (Å²) in [7, 11) is 5.79. The maximum atomic E-state index is 12.2. The first-order valence-corrected chi connectivity index (χ1v) is 7.02. The summed E-state index contributed by atoms with van der Waals surface area (Å²) in [4.78, 5) is 18.5. The molecule has 1 rings (SSSR count). The molecule has 1 aromatic rings. The van der Waals surface area contributed by atoms with Crippen LogP contribution in [0.15, 0.2) is 16.7 Å². The largest absolute Gasteiger partial charge is 0.372 e. The van der Waals surface area contributed by atoms with Crippen LogP contribution >= 0.6 is 15.9 Å². The minimum atomic E-state index is -0.107. The van der Waals surface area contributed by atoms with Crippen LogP contribution in [-0.4, -0.2) is 49.5 Å². The van der Waals surface area contributed by atoms with E-state index in [2.05, 4.69) is 36.4 Å². The van der Waals surface area contributed by atoms with E-state index in [0.717, 1.165) is 17.4 Å². The minimum Gasteiger partial charge on any atom is -0.372 e. The van der Waals surface area contributed by atoms with E-state index in [0.29, 0.717) is 11.4 Å². The number of nitrogens with one attached hydrogen (secondary N) is 2. The van der Waals surface area contributed by atoms with E-state index in [1.54, 1.807) is 19.3 Å². The summed E-state index contributed by atoms with van der Waals surface area (Å²) in [5.41, 5.74) is 0.550. The van der Waals surface area contributed by atoms with E-state index in [-0.39, 0.29) is 11.9 Å². The van der Waals surface area contributed by atoms with Gasteiger partial charge in [0.15, 0.2) is 0 Å². The van der Waals surface area contributed by atoms with Crippen LogP contribution in [0, 0.1) is 0 Å². The van der Waals surface area contributed by atoms with Gasteiger partial charge in [-0.15, -0.1) is 0 Å². The van der Waals surface area contributed by atoms with E-state index in [1.807, 2.05) is 21.0 Å². The van der Waals surface area contributed by atoms with Gasteiger partial charge in [0.25, 0.3) is 5.91 Å². The van der Waals surface area contributed by atoms with E-state index >= 15 is 0 Å². The van der Waals surface area contributed by atoms with Crippen molar-refractivity contribution in [3.05, 3.63) is 22.3 Å². The second kappa shape index (κ2) is 7.45. The van der Waals surface area contributed by atoms with Gasteiger partial charge in [0, 0.05) is 23.8 Å². The van der Waals surface area contributed by atoms with Gasteiger partial charge in [-0.25, -0.2) is 4.98 Å². The fraction of sp³-hybridized carbons (Fsp3) is 0.538. The first kappa shape index (κ1) is 15.9. The number of amides is 1. The van der Waals surface area contributed by atoms with Gasteiger partial charge in [0.2, 0.25) is 0 Å². The number of nitrogens with zero attached hydrogens (tertiary/aromatic N) is 2.